The molecule has 6 heteroatoms. The van der Waals surface area contributed by atoms with E-state index >= 15 is 0 Å². The molecule has 0 aliphatic heterocycles. The van der Waals surface area contributed by atoms with Gasteiger partial charge in [-0.05, 0) is 42.0 Å². The highest BCUT2D eigenvalue weighted by Gasteiger charge is 2.09. The molecular weight excluding hydrogens is 355 g/mol. The maximum Gasteiger partial charge on any atom is 0.270 e. The van der Waals surface area contributed by atoms with Crippen LogP contribution in [-0.2, 0) is 6.54 Å². The third kappa shape index (κ3) is 3.96. The fourth-order valence-corrected chi connectivity index (χ4v) is 2.87. The lowest BCUT2D eigenvalue weighted by Gasteiger charge is -2.10. The molecule has 2 aromatic carbocycles. The first-order valence-electron chi connectivity index (χ1n) is 8.78. The van der Waals surface area contributed by atoms with Crippen molar-refractivity contribution < 1.29 is 9.18 Å². The van der Waals surface area contributed by atoms with E-state index in [-0.39, 0.29) is 11.7 Å². The summed E-state index contributed by atoms with van der Waals surface area (Å²) in [4.78, 5) is 21.0. The number of carbonyl (C=O) groups is 1. The molecule has 0 saturated carbocycles. The van der Waals surface area contributed by atoms with Crippen molar-refractivity contribution in [3.05, 3.63) is 96.2 Å². The average Bonchev–Trinajstić information content (AvgIpc) is 2.74. The molecule has 0 bridgehead atoms. The van der Waals surface area contributed by atoms with Gasteiger partial charge in [0.1, 0.15) is 11.5 Å². The lowest BCUT2D eigenvalue weighted by Crippen LogP contribution is -2.23. The molecule has 0 radical (unpaired) electrons. The summed E-state index contributed by atoms with van der Waals surface area (Å²) in [6.07, 6.45) is 3.32. The summed E-state index contributed by atoms with van der Waals surface area (Å²) >= 11 is 0. The Morgan fingerprint density at radius 3 is 2.61 bits per heavy atom. The molecule has 138 valence electrons. The molecule has 2 aromatic heterocycles. The van der Waals surface area contributed by atoms with E-state index in [0.717, 1.165) is 27.8 Å². The molecule has 0 aliphatic rings. The Kier molecular flexibility index (Phi) is 4.93. The Bertz CT molecular complexity index is 1120. The summed E-state index contributed by atoms with van der Waals surface area (Å²) in [5, 5.41) is 7.12. The van der Waals surface area contributed by atoms with E-state index in [1.54, 1.807) is 36.7 Å². The van der Waals surface area contributed by atoms with Crippen LogP contribution in [0.15, 0.2) is 79.1 Å². The smallest absolute Gasteiger partial charge is 0.270 e. The number of hydrogen-bond acceptors (Lipinski definition) is 4. The van der Waals surface area contributed by atoms with Crippen LogP contribution in [0.3, 0.4) is 0 Å². The number of benzene rings is 2. The van der Waals surface area contributed by atoms with Gasteiger partial charge in [0.05, 0.1) is 11.2 Å². The van der Waals surface area contributed by atoms with Crippen LogP contribution in [0, 0.1) is 5.82 Å². The third-order valence-electron chi connectivity index (χ3n) is 4.27. The van der Waals surface area contributed by atoms with Crippen molar-refractivity contribution in [2.24, 2.45) is 0 Å². The lowest BCUT2D eigenvalue weighted by atomic mass is 10.2. The Balaban J connectivity index is 1.49. The third-order valence-corrected chi connectivity index (χ3v) is 4.27. The van der Waals surface area contributed by atoms with Gasteiger partial charge in [-0.25, -0.2) is 4.39 Å². The summed E-state index contributed by atoms with van der Waals surface area (Å²) in [5.74, 6) is -0.609. The molecule has 0 unspecified atom stereocenters. The zero-order valence-corrected chi connectivity index (χ0v) is 14.9. The molecule has 1 amide bonds. The number of anilines is 2. The normalized spacial score (nSPS) is 10.6. The van der Waals surface area contributed by atoms with Crippen molar-refractivity contribution >= 4 is 28.2 Å². The fourth-order valence-electron chi connectivity index (χ4n) is 2.87. The minimum Gasteiger partial charge on any atom is -0.354 e. The number of fused-ring (bicyclic) bond motifs is 1. The highest BCUT2D eigenvalue weighted by molar-refractivity contribution is 5.95. The number of nitrogens with one attached hydrogen (secondary N) is 2. The van der Waals surface area contributed by atoms with E-state index in [1.165, 1.54) is 12.1 Å². The number of pyridine rings is 2. The van der Waals surface area contributed by atoms with Gasteiger partial charge in [-0.2, -0.15) is 0 Å². The number of aromatic nitrogens is 2. The van der Waals surface area contributed by atoms with E-state index in [0.29, 0.717) is 12.2 Å². The summed E-state index contributed by atoms with van der Waals surface area (Å²) in [7, 11) is 0. The highest BCUT2D eigenvalue weighted by Crippen LogP contribution is 2.24. The SMILES string of the molecule is O=C(NCc1ccc(F)cc1)c1cc(Nc2cccc3cccnc23)ccn1. The first kappa shape index (κ1) is 17.6. The van der Waals surface area contributed by atoms with Gasteiger partial charge in [-0.15, -0.1) is 0 Å². The fraction of sp³-hybridized carbons (Fsp3) is 0.0455. The first-order valence-corrected chi connectivity index (χ1v) is 8.78. The molecular formula is C22H17FN4O. The summed E-state index contributed by atoms with van der Waals surface area (Å²) < 4.78 is 13.0. The minimum absolute atomic E-state index is 0.292. The van der Waals surface area contributed by atoms with Crippen molar-refractivity contribution in [3.63, 3.8) is 0 Å². The summed E-state index contributed by atoms with van der Waals surface area (Å²) in [6.45, 7) is 0.297. The van der Waals surface area contributed by atoms with E-state index < -0.39 is 0 Å². The lowest BCUT2D eigenvalue weighted by molar-refractivity contribution is 0.0946. The van der Waals surface area contributed by atoms with E-state index in [1.807, 2.05) is 30.3 Å². The molecule has 0 aliphatic carbocycles. The van der Waals surface area contributed by atoms with Gasteiger partial charge in [0.15, 0.2) is 0 Å². The van der Waals surface area contributed by atoms with Crippen LogP contribution in [0.5, 0.6) is 0 Å². The van der Waals surface area contributed by atoms with Crippen molar-refractivity contribution in [3.8, 4) is 0 Å². The molecule has 2 heterocycles. The second kappa shape index (κ2) is 7.84. The van der Waals surface area contributed by atoms with Crippen molar-refractivity contribution in [1.29, 1.82) is 0 Å². The van der Waals surface area contributed by atoms with Crippen LogP contribution < -0.4 is 10.6 Å². The number of para-hydroxylation sites is 1. The number of hydrogen-bond donors (Lipinski definition) is 2. The van der Waals surface area contributed by atoms with Crippen molar-refractivity contribution in [2.75, 3.05) is 5.32 Å². The number of amides is 1. The zero-order chi connectivity index (χ0) is 19.3. The Hall–Kier alpha value is -3.80. The maximum absolute atomic E-state index is 13.0. The Morgan fingerprint density at radius 2 is 1.75 bits per heavy atom. The monoisotopic (exact) mass is 372 g/mol. The highest BCUT2D eigenvalue weighted by atomic mass is 19.1. The number of halogens is 1. The maximum atomic E-state index is 13.0. The van der Waals surface area contributed by atoms with Gasteiger partial charge in [-0.3, -0.25) is 14.8 Å². The van der Waals surface area contributed by atoms with Gasteiger partial charge in [0.2, 0.25) is 0 Å². The predicted octanol–water partition coefficient (Wildman–Crippen LogP) is 4.44. The second-order valence-corrected chi connectivity index (χ2v) is 6.24. The van der Waals surface area contributed by atoms with Crippen LogP contribution in [0.25, 0.3) is 10.9 Å². The largest absolute Gasteiger partial charge is 0.354 e. The van der Waals surface area contributed by atoms with Crippen LogP contribution in [0.4, 0.5) is 15.8 Å². The Labute approximate surface area is 161 Å². The van der Waals surface area contributed by atoms with Gasteiger partial charge >= 0.3 is 0 Å². The number of carbonyl (C=O) groups excluding carboxylic acids is 1. The van der Waals surface area contributed by atoms with Gasteiger partial charge in [-0.1, -0.05) is 30.3 Å². The molecule has 4 aromatic rings. The van der Waals surface area contributed by atoms with E-state index in [9.17, 15) is 9.18 Å². The van der Waals surface area contributed by atoms with Crippen LogP contribution >= 0.6 is 0 Å². The van der Waals surface area contributed by atoms with Crippen molar-refractivity contribution in [1.82, 2.24) is 15.3 Å². The standard InChI is InChI=1S/C22H17FN4O/c23-17-8-6-15(7-9-17)14-26-22(28)20-13-18(10-12-24-20)27-19-5-1-3-16-4-2-11-25-21(16)19/h1-13H,14H2,(H,24,27)(H,26,28). The minimum atomic E-state index is -0.307. The van der Waals surface area contributed by atoms with Gasteiger partial charge in [0.25, 0.3) is 5.91 Å². The number of nitrogens with zero attached hydrogens (tertiary/aromatic N) is 2. The van der Waals surface area contributed by atoms with Gasteiger partial charge in [0, 0.05) is 30.0 Å². The summed E-state index contributed by atoms with van der Waals surface area (Å²) in [6, 6.07) is 19.2. The van der Waals surface area contributed by atoms with Crippen LogP contribution in [0.1, 0.15) is 16.1 Å². The van der Waals surface area contributed by atoms with Crippen LogP contribution in [-0.4, -0.2) is 15.9 Å². The van der Waals surface area contributed by atoms with E-state index in [2.05, 4.69) is 20.6 Å². The van der Waals surface area contributed by atoms with Gasteiger partial charge < -0.3 is 10.6 Å². The molecule has 4 rings (SSSR count). The topological polar surface area (TPSA) is 66.9 Å². The average molecular weight is 372 g/mol. The predicted molar refractivity (Wildman–Crippen MR) is 107 cm³/mol. The van der Waals surface area contributed by atoms with Crippen molar-refractivity contribution in [2.45, 2.75) is 6.54 Å². The summed E-state index contributed by atoms with van der Waals surface area (Å²) in [5.41, 5.74) is 3.54. The molecule has 0 saturated heterocycles. The van der Waals surface area contributed by atoms with E-state index in [4.69, 9.17) is 0 Å². The second-order valence-electron chi connectivity index (χ2n) is 6.24. The first-order chi connectivity index (χ1) is 13.7. The van der Waals surface area contributed by atoms with Crippen LogP contribution in [0.2, 0.25) is 0 Å². The number of rotatable bonds is 5. The Morgan fingerprint density at radius 1 is 0.929 bits per heavy atom. The molecule has 0 spiro atoms. The molecule has 5 nitrogen and oxygen atoms in total. The molecule has 0 atom stereocenters. The molecule has 2 N–H and O–H groups in total. The zero-order valence-electron chi connectivity index (χ0n) is 14.9. The quantitative estimate of drug-likeness (QED) is 0.543. The molecule has 0 fully saturated rings. The molecule has 28 heavy (non-hydrogen) atoms.